The van der Waals surface area contributed by atoms with Gasteiger partial charge in [0.1, 0.15) is 0 Å². The number of hydrazone groups is 1. The summed E-state index contributed by atoms with van der Waals surface area (Å²) >= 11 is 0. The summed E-state index contributed by atoms with van der Waals surface area (Å²) in [5.74, 6) is 0.0860. The van der Waals surface area contributed by atoms with Gasteiger partial charge in [0.05, 0.1) is 30.2 Å². The summed E-state index contributed by atoms with van der Waals surface area (Å²) in [5.41, 5.74) is 2.87. The molecule has 0 bridgehead atoms. The van der Waals surface area contributed by atoms with Crippen LogP contribution in [0.5, 0.6) is 0 Å². The molecule has 2 heterocycles. The molecule has 1 aliphatic heterocycles. The minimum absolute atomic E-state index is 0.0500. The van der Waals surface area contributed by atoms with E-state index in [2.05, 4.69) is 23.9 Å². The Morgan fingerprint density at radius 2 is 1.95 bits per heavy atom. The fourth-order valence-electron chi connectivity index (χ4n) is 2.75. The third-order valence-corrected chi connectivity index (χ3v) is 3.91. The predicted octanol–water partition coefficient (Wildman–Crippen LogP) is 2.87. The molecule has 0 spiro atoms. The van der Waals surface area contributed by atoms with Crippen molar-refractivity contribution in [3.63, 3.8) is 0 Å². The number of nitrogens with zero attached hydrogens (tertiary/aromatic N) is 4. The third-order valence-electron chi connectivity index (χ3n) is 3.91. The standard InChI is InChI=1S/C17H20N4O/c1-12(2)16-15(10-20-9-8-18-11-20)19-21(17(16)22)14-6-4-13(3)5-7-14/h4-9,11-12,16H,10H2,1-3H3. The summed E-state index contributed by atoms with van der Waals surface area (Å²) in [4.78, 5) is 16.8. The number of carbonyl (C=O) groups is 1. The van der Waals surface area contributed by atoms with Crippen LogP contribution in [0.25, 0.3) is 0 Å². The lowest BCUT2D eigenvalue weighted by atomic mass is 9.90. The molecule has 0 aliphatic carbocycles. The average molecular weight is 296 g/mol. The number of imidazole rings is 1. The Bertz CT molecular complexity index is 686. The predicted molar refractivity (Wildman–Crippen MR) is 86.7 cm³/mol. The highest BCUT2D eigenvalue weighted by molar-refractivity contribution is 6.15. The first-order valence-corrected chi connectivity index (χ1v) is 7.50. The van der Waals surface area contributed by atoms with Crippen LogP contribution in [-0.2, 0) is 11.3 Å². The van der Waals surface area contributed by atoms with Gasteiger partial charge < -0.3 is 4.57 Å². The van der Waals surface area contributed by atoms with Crippen molar-refractivity contribution >= 4 is 17.3 Å². The molecule has 1 unspecified atom stereocenters. The van der Waals surface area contributed by atoms with E-state index in [9.17, 15) is 4.79 Å². The largest absolute Gasteiger partial charge is 0.332 e. The fraction of sp³-hybridized carbons (Fsp3) is 0.353. The van der Waals surface area contributed by atoms with Crippen LogP contribution >= 0.6 is 0 Å². The minimum Gasteiger partial charge on any atom is -0.332 e. The van der Waals surface area contributed by atoms with Crippen molar-refractivity contribution in [2.75, 3.05) is 5.01 Å². The molecule has 2 aromatic rings. The van der Waals surface area contributed by atoms with Crippen molar-refractivity contribution in [3.05, 3.63) is 48.5 Å². The molecule has 0 saturated carbocycles. The van der Waals surface area contributed by atoms with Crippen LogP contribution in [0.2, 0.25) is 0 Å². The molecule has 1 aliphatic rings. The van der Waals surface area contributed by atoms with Gasteiger partial charge in [-0.2, -0.15) is 5.10 Å². The van der Waals surface area contributed by atoms with Crippen molar-refractivity contribution in [1.82, 2.24) is 9.55 Å². The average Bonchev–Trinajstić information content (AvgIpc) is 3.08. The van der Waals surface area contributed by atoms with Gasteiger partial charge in [-0.15, -0.1) is 0 Å². The lowest BCUT2D eigenvalue weighted by Gasteiger charge is -2.17. The molecule has 1 atom stereocenters. The highest BCUT2D eigenvalue weighted by Gasteiger charge is 2.38. The van der Waals surface area contributed by atoms with Crippen LogP contribution in [0.4, 0.5) is 5.69 Å². The molecule has 5 heteroatoms. The first-order chi connectivity index (χ1) is 10.6. The lowest BCUT2D eigenvalue weighted by molar-refractivity contribution is -0.120. The van der Waals surface area contributed by atoms with Crippen molar-refractivity contribution in [3.8, 4) is 0 Å². The Morgan fingerprint density at radius 1 is 1.23 bits per heavy atom. The molecule has 1 aromatic carbocycles. The Morgan fingerprint density at radius 3 is 2.55 bits per heavy atom. The number of amides is 1. The molecule has 22 heavy (non-hydrogen) atoms. The van der Waals surface area contributed by atoms with Gasteiger partial charge in [0.25, 0.3) is 5.91 Å². The second kappa shape index (κ2) is 5.75. The summed E-state index contributed by atoms with van der Waals surface area (Å²) < 4.78 is 1.94. The van der Waals surface area contributed by atoms with Gasteiger partial charge in [-0.1, -0.05) is 31.5 Å². The topological polar surface area (TPSA) is 50.5 Å². The quantitative estimate of drug-likeness (QED) is 0.871. The number of carbonyl (C=O) groups excluding carboxylic acids is 1. The maximum Gasteiger partial charge on any atom is 0.256 e. The van der Waals surface area contributed by atoms with Crippen LogP contribution in [0, 0.1) is 18.8 Å². The maximum absolute atomic E-state index is 12.8. The van der Waals surface area contributed by atoms with Crippen molar-refractivity contribution < 1.29 is 4.79 Å². The summed E-state index contributed by atoms with van der Waals surface area (Å²) in [6.45, 7) is 6.74. The van der Waals surface area contributed by atoms with Crippen LogP contribution in [-0.4, -0.2) is 21.2 Å². The van der Waals surface area contributed by atoms with Gasteiger partial charge in [-0.05, 0) is 25.0 Å². The van der Waals surface area contributed by atoms with Crippen LogP contribution in [0.3, 0.4) is 0 Å². The number of aryl methyl sites for hydroxylation is 1. The summed E-state index contributed by atoms with van der Waals surface area (Å²) in [5, 5.41) is 6.14. The van der Waals surface area contributed by atoms with Crippen molar-refractivity contribution in [2.45, 2.75) is 27.3 Å². The van der Waals surface area contributed by atoms with Crippen molar-refractivity contribution in [2.24, 2.45) is 16.9 Å². The van der Waals surface area contributed by atoms with E-state index < -0.39 is 0 Å². The molecule has 0 saturated heterocycles. The number of hydrogen-bond acceptors (Lipinski definition) is 3. The molecule has 1 aromatic heterocycles. The SMILES string of the molecule is Cc1ccc(N2N=C(Cn3ccnc3)C(C(C)C)C2=O)cc1. The van der Waals surface area contributed by atoms with Gasteiger partial charge in [0, 0.05) is 12.4 Å². The second-order valence-electron chi connectivity index (χ2n) is 6.03. The maximum atomic E-state index is 12.8. The van der Waals surface area contributed by atoms with Gasteiger partial charge in [0.2, 0.25) is 0 Å². The highest BCUT2D eigenvalue weighted by Crippen LogP contribution is 2.29. The van der Waals surface area contributed by atoms with E-state index in [0.29, 0.717) is 6.54 Å². The number of hydrogen-bond donors (Lipinski definition) is 0. The van der Waals surface area contributed by atoms with Crippen LogP contribution < -0.4 is 5.01 Å². The smallest absolute Gasteiger partial charge is 0.256 e. The minimum atomic E-state index is -0.177. The second-order valence-corrected chi connectivity index (χ2v) is 6.03. The highest BCUT2D eigenvalue weighted by atomic mass is 16.2. The summed E-state index contributed by atoms with van der Waals surface area (Å²) in [7, 11) is 0. The normalized spacial score (nSPS) is 18.2. The van der Waals surface area contributed by atoms with Crippen molar-refractivity contribution in [1.29, 1.82) is 0 Å². The Labute approximate surface area is 130 Å². The van der Waals surface area contributed by atoms with E-state index >= 15 is 0 Å². The van der Waals surface area contributed by atoms with Crippen LogP contribution in [0.1, 0.15) is 19.4 Å². The molecule has 3 rings (SSSR count). The molecular weight excluding hydrogens is 276 g/mol. The fourth-order valence-corrected chi connectivity index (χ4v) is 2.75. The Balaban J connectivity index is 1.92. The molecule has 0 N–H and O–H groups in total. The molecular formula is C17H20N4O. The molecule has 1 amide bonds. The summed E-state index contributed by atoms with van der Waals surface area (Å²) in [6, 6.07) is 7.87. The van der Waals surface area contributed by atoms with Gasteiger partial charge >= 0.3 is 0 Å². The van der Waals surface area contributed by atoms with Crippen LogP contribution in [0.15, 0.2) is 48.1 Å². The lowest BCUT2D eigenvalue weighted by Crippen LogP contribution is -2.32. The zero-order chi connectivity index (χ0) is 15.7. The van der Waals surface area contributed by atoms with Gasteiger partial charge in [0.15, 0.2) is 0 Å². The zero-order valence-corrected chi connectivity index (χ0v) is 13.1. The van der Waals surface area contributed by atoms with Gasteiger partial charge in [-0.3, -0.25) is 4.79 Å². The van der Waals surface area contributed by atoms with E-state index in [1.807, 2.05) is 42.0 Å². The van der Waals surface area contributed by atoms with E-state index in [1.54, 1.807) is 12.5 Å². The van der Waals surface area contributed by atoms with E-state index in [1.165, 1.54) is 10.6 Å². The molecule has 0 fully saturated rings. The molecule has 0 radical (unpaired) electrons. The first kappa shape index (κ1) is 14.5. The number of benzene rings is 1. The monoisotopic (exact) mass is 296 g/mol. The Kier molecular flexibility index (Phi) is 3.79. The van der Waals surface area contributed by atoms with Gasteiger partial charge in [-0.25, -0.2) is 9.99 Å². The molecule has 5 nitrogen and oxygen atoms in total. The Hall–Kier alpha value is -2.43. The first-order valence-electron chi connectivity index (χ1n) is 7.50. The number of aromatic nitrogens is 2. The number of anilines is 1. The zero-order valence-electron chi connectivity index (χ0n) is 13.1. The van der Waals surface area contributed by atoms with E-state index in [0.717, 1.165) is 11.4 Å². The third kappa shape index (κ3) is 2.66. The summed E-state index contributed by atoms with van der Waals surface area (Å²) in [6.07, 6.45) is 5.37. The van der Waals surface area contributed by atoms with E-state index in [4.69, 9.17) is 0 Å². The number of rotatable bonds is 4. The van der Waals surface area contributed by atoms with E-state index in [-0.39, 0.29) is 17.7 Å². The molecule has 114 valence electrons.